The molecule has 2 aliphatic rings. The summed E-state index contributed by atoms with van der Waals surface area (Å²) in [6, 6.07) is 11.3. The highest BCUT2D eigenvalue weighted by Gasteiger charge is 2.38. The van der Waals surface area contributed by atoms with Gasteiger partial charge in [0.15, 0.2) is 0 Å². The zero-order chi connectivity index (χ0) is 16.4. The van der Waals surface area contributed by atoms with E-state index in [1.165, 1.54) is 50.5 Å². The predicted octanol–water partition coefficient (Wildman–Crippen LogP) is 4.67. The molecule has 2 aromatic rings. The molecule has 0 atom stereocenters. The first-order valence-electron chi connectivity index (χ1n) is 9.12. The van der Waals surface area contributed by atoms with E-state index in [-0.39, 0.29) is 5.91 Å². The third-order valence-corrected chi connectivity index (χ3v) is 5.96. The van der Waals surface area contributed by atoms with Gasteiger partial charge >= 0.3 is 0 Å². The minimum absolute atomic E-state index is 0.167. The molecule has 2 fully saturated rings. The summed E-state index contributed by atoms with van der Waals surface area (Å²) in [6.07, 6.45) is 9.33. The molecule has 1 aromatic carbocycles. The molecule has 0 unspecified atom stereocenters. The fourth-order valence-corrected chi connectivity index (χ4v) is 4.54. The molecule has 1 amide bonds. The minimum atomic E-state index is 0.167. The smallest absolute Gasteiger partial charge is 0.273 e. The van der Waals surface area contributed by atoms with Crippen molar-refractivity contribution in [3.8, 4) is 0 Å². The van der Waals surface area contributed by atoms with Crippen LogP contribution in [0.15, 0.2) is 35.7 Å². The summed E-state index contributed by atoms with van der Waals surface area (Å²) >= 11 is 1.61. The molecule has 1 heterocycles. The number of aromatic nitrogens is 1. The van der Waals surface area contributed by atoms with Gasteiger partial charge in [-0.15, -0.1) is 11.3 Å². The Balaban J connectivity index is 1.48. The van der Waals surface area contributed by atoms with Gasteiger partial charge in [-0.2, -0.15) is 0 Å². The lowest BCUT2D eigenvalue weighted by atomic mass is 9.94. The summed E-state index contributed by atoms with van der Waals surface area (Å²) in [7, 11) is 0. The van der Waals surface area contributed by atoms with Gasteiger partial charge in [0.05, 0.1) is 5.01 Å². The molecule has 1 aromatic heterocycles. The maximum atomic E-state index is 13.1. The number of hydrogen-bond acceptors (Lipinski definition) is 3. The standard InChI is InChI=1S/C20H24N2OS/c23-20(22(17-11-12-17)16-9-5-2-6-10-16)18-14-24-19(21-18)13-15-7-3-1-4-8-15/h1,3-4,7-8,14,16-17H,2,5-6,9-13H2. The zero-order valence-electron chi connectivity index (χ0n) is 14.0. The molecular formula is C20H24N2OS. The van der Waals surface area contributed by atoms with Crippen molar-refractivity contribution in [1.29, 1.82) is 0 Å². The van der Waals surface area contributed by atoms with Crippen LogP contribution in [-0.2, 0) is 6.42 Å². The first kappa shape index (κ1) is 15.8. The second-order valence-electron chi connectivity index (χ2n) is 7.02. The lowest BCUT2D eigenvalue weighted by Crippen LogP contribution is -2.43. The molecule has 3 nitrogen and oxygen atoms in total. The summed E-state index contributed by atoms with van der Waals surface area (Å²) in [5, 5.41) is 2.99. The number of benzene rings is 1. The van der Waals surface area contributed by atoms with E-state index in [4.69, 9.17) is 0 Å². The number of thiazole rings is 1. The van der Waals surface area contributed by atoms with E-state index < -0.39 is 0 Å². The van der Waals surface area contributed by atoms with Crippen LogP contribution in [0, 0.1) is 0 Å². The zero-order valence-corrected chi connectivity index (χ0v) is 14.8. The van der Waals surface area contributed by atoms with Crippen molar-refractivity contribution in [1.82, 2.24) is 9.88 Å². The summed E-state index contributed by atoms with van der Waals surface area (Å²) in [5.74, 6) is 0.167. The summed E-state index contributed by atoms with van der Waals surface area (Å²) < 4.78 is 0. The van der Waals surface area contributed by atoms with Gasteiger partial charge in [-0.3, -0.25) is 4.79 Å². The number of carbonyl (C=O) groups excluding carboxylic acids is 1. The Morgan fingerprint density at radius 1 is 1.04 bits per heavy atom. The summed E-state index contributed by atoms with van der Waals surface area (Å²) in [6.45, 7) is 0. The maximum Gasteiger partial charge on any atom is 0.273 e. The first-order chi connectivity index (χ1) is 11.8. The molecule has 24 heavy (non-hydrogen) atoms. The minimum Gasteiger partial charge on any atom is -0.331 e. The molecule has 4 rings (SSSR count). The molecule has 0 N–H and O–H groups in total. The van der Waals surface area contributed by atoms with Gasteiger partial charge in [-0.1, -0.05) is 49.6 Å². The topological polar surface area (TPSA) is 33.2 Å². The van der Waals surface area contributed by atoms with Crippen molar-refractivity contribution >= 4 is 17.2 Å². The lowest BCUT2D eigenvalue weighted by Gasteiger charge is -2.34. The number of hydrogen-bond donors (Lipinski definition) is 0. The molecule has 0 radical (unpaired) electrons. The van der Waals surface area contributed by atoms with Gasteiger partial charge in [0.25, 0.3) is 5.91 Å². The van der Waals surface area contributed by atoms with Crippen molar-refractivity contribution in [2.24, 2.45) is 0 Å². The molecule has 126 valence electrons. The van der Waals surface area contributed by atoms with E-state index in [1.807, 2.05) is 23.6 Å². The van der Waals surface area contributed by atoms with Crippen molar-refractivity contribution in [3.05, 3.63) is 52.0 Å². The van der Waals surface area contributed by atoms with Crippen LogP contribution in [0.4, 0.5) is 0 Å². The molecule has 0 aliphatic heterocycles. The lowest BCUT2D eigenvalue weighted by molar-refractivity contribution is 0.0608. The van der Waals surface area contributed by atoms with Crippen molar-refractivity contribution in [2.45, 2.75) is 63.5 Å². The average Bonchev–Trinajstić information content (AvgIpc) is 3.34. The largest absolute Gasteiger partial charge is 0.331 e. The van der Waals surface area contributed by atoms with Crippen LogP contribution in [-0.4, -0.2) is 27.9 Å². The Morgan fingerprint density at radius 3 is 2.46 bits per heavy atom. The van der Waals surface area contributed by atoms with E-state index >= 15 is 0 Å². The predicted molar refractivity (Wildman–Crippen MR) is 97.4 cm³/mol. The van der Waals surface area contributed by atoms with Crippen LogP contribution < -0.4 is 0 Å². The van der Waals surface area contributed by atoms with E-state index in [9.17, 15) is 4.79 Å². The van der Waals surface area contributed by atoms with Crippen molar-refractivity contribution < 1.29 is 4.79 Å². The monoisotopic (exact) mass is 340 g/mol. The van der Waals surface area contributed by atoms with Crippen LogP contribution in [0.3, 0.4) is 0 Å². The Morgan fingerprint density at radius 2 is 1.75 bits per heavy atom. The van der Waals surface area contributed by atoms with Crippen molar-refractivity contribution in [2.75, 3.05) is 0 Å². The first-order valence-corrected chi connectivity index (χ1v) is 10.0. The highest BCUT2D eigenvalue weighted by atomic mass is 32.1. The van der Waals surface area contributed by atoms with E-state index in [2.05, 4.69) is 22.0 Å². The fourth-order valence-electron chi connectivity index (χ4n) is 3.73. The number of nitrogens with zero attached hydrogens (tertiary/aromatic N) is 2. The summed E-state index contributed by atoms with van der Waals surface area (Å²) in [5.41, 5.74) is 1.90. The molecular weight excluding hydrogens is 316 g/mol. The number of amides is 1. The molecule has 4 heteroatoms. The molecule has 0 saturated heterocycles. The van der Waals surface area contributed by atoms with Gasteiger partial charge < -0.3 is 4.90 Å². The third kappa shape index (κ3) is 3.54. The van der Waals surface area contributed by atoms with Gasteiger partial charge in [0, 0.05) is 23.9 Å². The molecule has 2 saturated carbocycles. The van der Waals surface area contributed by atoms with Crippen LogP contribution in [0.1, 0.15) is 66.0 Å². The van der Waals surface area contributed by atoms with Gasteiger partial charge in [-0.25, -0.2) is 4.98 Å². The highest BCUT2D eigenvalue weighted by Crippen LogP contribution is 2.35. The summed E-state index contributed by atoms with van der Waals surface area (Å²) in [4.78, 5) is 19.9. The van der Waals surface area contributed by atoms with E-state index in [0.717, 1.165) is 11.4 Å². The second-order valence-corrected chi connectivity index (χ2v) is 7.97. The third-order valence-electron chi connectivity index (χ3n) is 5.11. The van der Waals surface area contributed by atoms with Crippen LogP contribution in [0.5, 0.6) is 0 Å². The second kappa shape index (κ2) is 7.06. The fraction of sp³-hybridized carbons (Fsp3) is 0.500. The number of rotatable bonds is 5. The SMILES string of the molecule is O=C(c1csc(Cc2ccccc2)n1)N(C1CCCCC1)C1CC1. The van der Waals surface area contributed by atoms with Gasteiger partial charge in [0.1, 0.15) is 5.69 Å². The van der Waals surface area contributed by atoms with Gasteiger partial charge in [0.2, 0.25) is 0 Å². The Bertz CT molecular complexity index is 687. The van der Waals surface area contributed by atoms with Gasteiger partial charge in [-0.05, 0) is 31.2 Å². The van der Waals surface area contributed by atoms with Crippen LogP contribution >= 0.6 is 11.3 Å². The highest BCUT2D eigenvalue weighted by molar-refractivity contribution is 7.09. The molecule has 0 spiro atoms. The Kier molecular flexibility index (Phi) is 4.65. The maximum absolute atomic E-state index is 13.1. The Labute approximate surface area is 147 Å². The van der Waals surface area contributed by atoms with E-state index in [0.29, 0.717) is 17.8 Å². The normalized spacial score (nSPS) is 18.5. The van der Waals surface area contributed by atoms with E-state index in [1.54, 1.807) is 11.3 Å². The number of carbonyl (C=O) groups is 1. The Hall–Kier alpha value is -1.68. The van der Waals surface area contributed by atoms with Crippen LogP contribution in [0.25, 0.3) is 0 Å². The quantitative estimate of drug-likeness (QED) is 0.792. The van der Waals surface area contributed by atoms with Crippen LogP contribution in [0.2, 0.25) is 0 Å². The average molecular weight is 340 g/mol. The molecule has 0 bridgehead atoms. The molecule has 2 aliphatic carbocycles. The van der Waals surface area contributed by atoms with Crippen molar-refractivity contribution in [3.63, 3.8) is 0 Å².